The highest BCUT2D eigenvalue weighted by Gasteiger charge is 2.09. The lowest BCUT2D eigenvalue weighted by Crippen LogP contribution is -2.15. The first-order valence-corrected chi connectivity index (χ1v) is 7.54. The monoisotopic (exact) mass is 301 g/mol. The van der Waals surface area contributed by atoms with E-state index < -0.39 is 0 Å². The fourth-order valence-electron chi connectivity index (χ4n) is 2.33. The molecule has 108 valence electrons. The van der Waals surface area contributed by atoms with Crippen molar-refractivity contribution in [1.82, 2.24) is 10.3 Å². The second kappa shape index (κ2) is 6.07. The minimum Gasteiger partial charge on any atom is -0.361 e. The zero-order valence-corrected chi connectivity index (χ0v) is 12.2. The van der Waals surface area contributed by atoms with Crippen LogP contribution in [0.3, 0.4) is 0 Å². The van der Waals surface area contributed by atoms with Gasteiger partial charge in [0, 0.05) is 34.6 Å². The number of rotatable bonds is 6. The molecule has 21 heavy (non-hydrogen) atoms. The van der Waals surface area contributed by atoms with Crippen molar-refractivity contribution in [2.75, 3.05) is 6.54 Å². The Kier molecular flexibility index (Phi) is 3.98. The molecule has 0 saturated carbocycles. The smallest absolute Gasteiger partial charge is 0.324 e. The molecule has 0 aliphatic heterocycles. The molecule has 0 radical (unpaired) electrons. The van der Waals surface area contributed by atoms with Gasteiger partial charge in [0.25, 0.3) is 0 Å². The highest BCUT2D eigenvalue weighted by molar-refractivity contribution is 7.15. The van der Waals surface area contributed by atoms with E-state index in [1.54, 1.807) is 6.07 Å². The average molecular weight is 301 g/mol. The van der Waals surface area contributed by atoms with Crippen LogP contribution in [0, 0.1) is 10.1 Å². The van der Waals surface area contributed by atoms with Crippen molar-refractivity contribution in [2.24, 2.45) is 0 Å². The van der Waals surface area contributed by atoms with Crippen molar-refractivity contribution in [3.63, 3.8) is 0 Å². The largest absolute Gasteiger partial charge is 0.361 e. The van der Waals surface area contributed by atoms with Gasteiger partial charge in [0.1, 0.15) is 0 Å². The Morgan fingerprint density at radius 3 is 2.90 bits per heavy atom. The number of fused-ring (bicyclic) bond motifs is 1. The molecular formula is C15H15N3O2S. The van der Waals surface area contributed by atoms with Gasteiger partial charge in [-0.1, -0.05) is 29.5 Å². The van der Waals surface area contributed by atoms with Crippen LogP contribution in [-0.2, 0) is 13.0 Å². The first-order valence-electron chi connectivity index (χ1n) is 6.73. The third-order valence-corrected chi connectivity index (χ3v) is 4.41. The van der Waals surface area contributed by atoms with Crippen LogP contribution in [0.15, 0.2) is 42.6 Å². The maximum Gasteiger partial charge on any atom is 0.324 e. The predicted octanol–water partition coefficient (Wildman–Crippen LogP) is 3.47. The fourth-order valence-corrected chi connectivity index (χ4v) is 3.12. The van der Waals surface area contributed by atoms with Crippen LogP contribution in [0.5, 0.6) is 0 Å². The standard InChI is InChI=1S/C15H15N3O2S/c19-18(20)15-6-5-12(21-15)10-16-8-7-11-9-17-14-4-2-1-3-13(11)14/h1-6,9,16-17H,7-8,10H2. The van der Waals surface area contributed by atoms with Gasteiger partial charge in [-0.3, -0.25) is 10.1 Å². The summed E-state index contributed by atoms with van der Waals surface area (Å²) in [5, 5.41) is 15.4. The van der Waals surface area contributed by atoms with Crippen LogP contribution < -0.4 is 5.32 Å². The minimum atomic E-state index is -0.347. The summed E-state index contributed by atoms with van der Waals surface area (Å²) in [6, 6.07) is 11.6. The summed E-state index contributed by atoms with van der Waals surface area (Å²) < 4.78 is 0. The van der Waals surface area contributed by atoms with Crippen molar-refractivity contribution in [3.8, 4) is 0 Å². The van der Waals surface area contributed by atoms with E-state index in [4.69, 9.17) is 0 Å². The lowest BCUT2D eigenvalue weighted by atomic mass is 10.1. The number of H-pyrrole nitrogens is 1. The molecule has 3 aromatic rings. The second-order valence-corrected chi connectivity index (χ2v) is 5.93. The minimum absolute atomic E-state index is 0.198. The third-order valence-electron chi connectivity index (χ3n) is 3.37. The Bertz CT molecular complexity index is 763. The molecule has 1 aromatic carbocycles. The summed E-state index contributed by atoms with van der Waals surface area (Å²) in [5.74, 6) is 0. The molecule has 0 saturated heterocycles. The Morgan fingerprint density at radius 2 is 2.10 bits per heavy atom. The molecule has 2 aromatic heterocycles. The summed E-state index contributed by atoms with van der Waals surface area (Å²) in [6.45, 7) is 1.51. The fraction of sp³-hybridized carbons (Fsp3) is 0.200. The molecule has 2 N–H and O–H groups in total. The molecule has 0 amide bonds. The zero-order chi connectivity index (χ0) is 14.7. The maximum absolute atomic E-state index is 10.6. The maximum atomic E-state index is 10.6. The number of nitrogens with zero attached hydrogens (tertiary/aromatic N) is 1. The molecule has 0 aliphatic rings. The molecule has 0 unspecified atom stereocenters. The predicted molar refractivity (Wildman–Crippen MR) is 84.7 cm³/mol. The van der Waals surface area contributed by atoms with E-state index in [0.29, 0.717) is 6.54 Å². The Hall–Kier alpha value is -2.18. The van der Waals surface area contributed by atoms with Crippen LogP contribution in [0.1, 0.15) is 10.4 Å². The van der Waals surface area contributed by atoms with Gasteiger partial charge in [0.15, 0.2) is 0 Å². The first kappa shape index (κ1) is 13.8. The number of benzene rings is 1. The SMILES string of the molecule is O=[N+]([O-])c1ccc(CNCCc2c[nH]c3ccccc23)s1. The molecule has 6 heteroatoms. The normalized spacial score (nSPS) is 11.0. The van der Waals surface area contributed by atoms with Crippen LogP contribution in [0.4, 0.5) is 5.00 Å². The van der Waals surface area contributed by atoms with E-state index in [1.807, 2.05) is 24.4 Å². The van der Waals surface area contributed by atoms with Gasteiger partial charge in [0.05, 0.1) is 4.92 Å². The molecule has 2 heterocycles. The van der Waals surface area contributed by atoms with Gasteiger partial charge >= 0.3 is 5.00 Å². The van der Waals surface area contributed by atoms with Crippen LogP contribution in [-0.4, -0.2) is 16.5 Å². The van der Waals surface area contributed by atoms with Gasteiger partial charge in [-0.2, -0.15) is 0 Å². The van der Waals surface area contributed by atoms with Crippen molar-refractivity contribution < 1.29 is 4.92 Å². The van der Waals surface area contributed by atoms with Crippen LogP contribution in [0.2, 0.25) is 0 Å². The molecule has 5 nitrogen and oxygen atoms in total. The number of hydrogen-bond donors (Lipinski definition) is 2. The number of aromatic nitrogens is 1. The number of nitro groups is 1. The van der Waals surface area contributed by atoms with Gasteiger partial charge in [-0.15, -0.1) is 0 Å². The van der Waals surface area contributed by atoms with E-state index >= 15 is 0 Å². The highest BCUT2D eigenvalue weighted by atomic mass is 32.1. The molecule has 0 bridgehead atoms. The van der Waals surface area contributed by atoms with Crippen molar-refractivity contribution in [3.05, 3.63) is 63.1 Å². The number of nitrogens with one attached hydrogen (secondary N) is 2. The molecular weight excluding hydrogens is 286 g/mol. The Labute approximate surface area is 125 Å². The van der Waals surface area contributed by atoms with E-state index in [9.17, 15) is 10.1 Å². The molecule has 0 aliphatic carbocycles. The van der Waals surface area contributed by atoms with Crippen molar-refractivity contribution >= 4 is 27.2 Å². The summed E-state index contributed by atoms with van der Waals surface area (Å²) in [5.41, 5.74) is 2.44. The van der Waals surface area contributed by atoms with Crippen molar-refractivity contribution in [2.45, 2.75) is 13.0 Å². The van der Waals surface area contributed by atoms with Crippen LogP contribution in [0.25, 0.3) is 10.9 Å². The first-order chi connectivity index (χ1) is 10.2. The van der Waals surface area contributed by atoms with Gasteiger partial charge in [-0.05, 0) is 30.7 Å². The summed E-state index contributed by atoms with van der Waals surface area (Å²) in [6.07, 6.45) is 2.97. The number of aromatic amines is 1. The van der Waals surface area contributed by atoms with E-state index in [1.165, 1.54) is 22.3 Å². The number of hydrogen-bond acceptors (Lipinski definition) is 4. The van der Waals surface area contributed by atoms with Gasteiger partial charge in [-0.25, -0.2) is 0 Å². The number of thiophene rings is 1. The quantitative estimate of drug-likeness (QED) is 0.416. The average Bonchev–Trinajstić information content (AvgIpc) is 3.11. The highest BCUT2D eigenvalue weighted by Crippen LogP contribution is 2.23. The topological polar surface area (TPSA) is 71.0 Å². The summed E-state index contributed by atoms with van der Waals surface area (Å²) >= 11 is 1.22. The second-order valence-electron chi connectivity index (χ2n) is 4.78. The number of para-hydroxylation sites is 1. The van der Waals surface area contributed by atoms with E-state index in [2.05, 4.69) is 22.4 Å². The molecule has 3 rings (SSSR count). The summed E-state index contributed by atoms with van der Waals surface area (Å²) in [4.78, 5) is 14.5. The summed E-state index contributed by atoms with van der Waals surface area (Å²) in [7, 11) is 0. The molecule has 0 atom stereocenters. The lowest BCUT2D eigenvalue weighted by molar-refractivity contribution is -0.380. The lowest BCUT2D eigenvalue weighted by Gasteiger charge is -2.02. The van der Waals surface area contributed by atoms with Gasteiger partial charge in [0.2, 0.25) is 0 Å². The zero-order valence-electron chi connectivity index (χ0n) is 11.3. The molecule has 0 spiro atoms. The van der Waals surface area contributed by atoms with Crippen LogP contribution >= 0.6 is 11.3 Å². The molecule has 0 fully saturated rings. The van der Waals surface area contributed by atoms with Crippen molar-refractivity contribution in [1.29, 1.82) is 0 Å². The van der Waals surface area contributed by atoms with E-state index in [-0.39, 0.29) is 9.92 Å². The Balaban J connectivity index is 1.53. The Morgan fingerprint density at radius 1 is 1.24 bits per heavy atom. The third kappa shape index (κ3) is 3.12. The van der Waals surface area contributed by atoms with Gasteiger partial charge < -0.3 is 10.3 Å². The van der Waals surface area contributed by atoms with E-state index in [0.717, 1.165) is 23.4 Å².